The number of anilines is 1. The molecule has 0 unspecified atom stereocenters. The molecule has 0 bridgehead atoms. The van der Waals surface area contributed by atoms with Gasteiger partial charge in [-0.2, -0.15) is 0 Å². The Kier molecular flexibility index (Phi) is 3.83. The minimum Gasteiger partial charge on any atom is -0.342 e. The van der Waals surface area contributed by atoms with E-state index in [0.717, 1.165) is 45.9 Å². The van der Waals surface area contributed by atoms with Crippen LogP contribution in [0.3, 0.4) is 0 Å². The summed E-state index contributed by atoms with van der Waals surface area (Å²) in [4.78, 5) is 20.6. The Morgan fingerprint density at radius 1 is 1.00 bits per heavy atom. The van der Waals surface area contributed by atoms with Gasteiger partial charge >= 0.3 is 0 Å². The molecule has 0 spiro atoms. The number of imidazole rings is 1. The zero-order chi connectivity index (χ0) is 19.1. The van der Waals surface area contributed by atoms with Gasteiger partial charge in [0.05, 0.1) is 0 Å². The molecule has 1 aromatic heterocycles. The molecule has 0 saturated heterocycles. The van der Waals surface area contributed by atoms with Crippen molar-refractivity contribution < 1.29 is 4.79 Å². The lowest BCUT2D eigenvalue weighted by atomic mass is 10.0. The summed E-state index contributed by atoms with van der Waals surface area (Å²) in [7, 11) is 0. The van der Waals surface area contributed by atoms with Gasteiger partial charge in [-0.15, -0.1) is 0 Å². The fraction of sp³-hybridized carbons (Fsp3) is 0.0833. The maximum atomic E-state index is 13.0. The van der Waals surface area contributed by atoms with E-state index in [1.165, 1.54) is 11.1 Å². The number of carbonyl (C=O) groups excluding carboxylic acids is 1. The van der Waals surface area contributed by atoms with Crippen LogP contribution in [0.4, 0.5) is 5.69 Å². The maximum Gasteiger partial charge on any atom is 0.255 e. The number of nitrogens with one attached hydrogen (secondary N) is 2. The Morgan fingerprint density at radius 3 is 2.68 bits per heavy atom. The van der Waals surface area contributed by atoms with Gasteiger partial charge < -0.3 is 10.3 Å². The fourth-order valence-electron chi connectivity index (χ4n) is 3.87. The van der Waals surface area contributed by atoms with Crippen molar-refractivity contribution in [3.05, 3.63) is 95.3 Å². The van der Waals surface area contributed by atoms with Crippen molar-refractivity contribution in [2.45, 2.75) is 13.3 Å². The standard InChI is InChI=1S/C24H19N3O/c1-15-14-25-23(26-15)17-7-4-8-18(12-17)27-24(28)21-11-5-10-20-19-9-3-2-6-16(19)13-22(20)21/h2-12,14H,13H2,1H3,(H,25,26)(H,27,28). The topological polar surface area (TPSA) is 57.8 Å². The highest BCUT2D eigenvalue weighted by molar-refractivity contribution is 6.07. The van der Waals surface area contributed by atoms with Gasteiger partial charge in [0.25, 0.3) is 5.91 Å². The number of hydrogen-bond acceptors (Lipinski definition) is 2. The number of fused-ring (bicyclic) bond motifs is 3. The average molecular weight is 365 g/mol. The second-order valence-corrected chi connectivity index (χ2v) is 7.12. The number of aromatic nitrogens is 2. The first-order valence-corrected chi connectivity index (χ1v) is 9.32. The molecule has 2 N–H and O–H groups in total. The third-order valence-corrected chi connectivity index (χ3v) is 5.19. The van der Waals surface area contributed by atoms with E-state index in [-0.39, 0.29) is 5.91 Å². The lowest BCUT2D eigenvalue weighted by molar-refractivity contribution is 0.102. The molecule has 1 aliphatic carbocycles. The van der Waals surface area contributed by atoms with Crippen molar-refractivity contribution in [2.24, 2.45) is 0 Å². The smallest absolute Gasteiger partial charge is 0.255 e. The van der Waals surface area contributed by atoms with E-state index in [0.29, 0.717) is 0 Å². The summed E-state index contributed by atoms with van der Waals surface area (Å²) < 4.78 is 0. The number of carbonyl (C=O) groups is 1. The first-order valence-electron chi connectivity index (χ1n) is 9.32. The van der Waals surface area contributed by atoms with Crippen LogP contribution in [-0.4, -0.2) is 15.9 Å². The van der Waals surface area contributed by atoms with Gasteiger partial charge in [0.2, 0.25) is 0 Å². The van der Waals surface area contributed by atoms with E-state index >= 15 is 0 Å². The first kappa shape index (κ1) is 16.5. The van der Waals surface area contributed by atoms with Crippen molar-refractivity contribution in [3.8, 4) is 22.5 Å². The molecule has 4 heteroatoms. The monoisotopic (exact) mass is 365 g/mol. The molecular formula is C24H19N3O. The maximum absolute atomic E-state index is 13.0. The normalized spacial score (nSPS) is 11.8. The molecule has 1 heterocycles. The number of nitrogens with zero attached hydrogens (tertiary/aromatic N) is 1. The van der Waals surface area contributed by atoms with Crippen LogP contribution in [0.2, 0.25) is 0 Å². The number of aryl methyl sites for hydroxylation is 1. The molecule has 0 atom stereocenters. The number of hydrogen-bond donors (Lipinski definition) is 2. The van der Waals surface area contributed by atoms with Crippen LogP contribution in [0, 0.1) is 6.92 Å². The lowest BCUT2D eigenvalue weighted by Gasteiger charge is -2.10. The molecule has 0 fully saturated rings. The quantitative estimate of drug-likeness (QED) is 0.461. The van der Waals surface area contributed by atoms with Crippen molar-refractivity contribution in [2.75, 3.05) is 5.32 Å². The summed E-state index contributed by atoms with van der Waals surface area (Å²) in [5.74, 6) is 0.710. The number of aromatic amines is 1. The number of benzene rings is 3. The predicted octanol–water partition coefficient (Wildman–Crippen LogP) is 5.21. The molecule has 136 valence electrons. The van der Waals surface area contributed by atoms with Gasteiger partial charge in [-0.25, -0.2) is 4.98 Å². The molecule has 0 aliphatic heterocycles. The average Bonchev–Trinajstić information content (AvgIpc) is 3.31. The summed E-state index contributed by atoms with van der Waals surface area (Å²) in [5, 5.41) is 3.05. The SMILES string of the molecule is Cc1cnc(-c2cccc(NC(=O)c3cccc4c3Cc3ccccc3-4)c2)[nH]1. The van der Waals surface area contributed by atoms with Crippen molar-refractivity contribution in [1.29, 1.82) is 0 Å². The molecule has 1 amide bonds. The van der Waals surface area contributed by atoms with Gasteiger partial charge in [0.1, 0.15) is 5.82 Å². The molecule has 3 aromatic carbocycles. The number of amides is 1. The molecule has 5 rings (SSSR count). The van der Waals surface area contributed by atoms with E-state index in [9.17, 15) is 4.79 Å². The Morgan fingerprint density at radius 2 is 1.82 bits per heavy atom. The van der Waals surface area contributed by atoms with Gasteiger partial charge in [-0.05, 0) is 53.8 Å². The molecular weight excluding hydrogens is 346 g/mol. The fourth-order valence-corrected chi connectivity index (χ4v) is 3.87. The van der Waals surface area contributed by atoms with Crippen LogP contribution in [-0.2, 0) is 6.42 Å². The Hall–Kier alpha value is -3.66. The van der Waals surface area contributed by atoms with Crippen molar-refractivity contribution >= 4 is 11.6 Å². The zero-order valence-electron chi connectivity index (χ0n) is 15.5. The zero-order valence-corrected chi connectivity index (χ0v) is 15.5. The third kappa shape index (κ3) is 2.79. The second kappa shape index (κ2) is 6.50. The first-order chi connectivity index (χ1) is 13.7. The predicted molar refractivity (Wildman–Crippen MR) is 111 cm³/mol. The molecule has 0 radical (unpaired) electrons. The number of H-pyrrole nitrogens is 1. The van der Waals surface area contributed by atoms with E-state index in [4.69, 9.17) is 0 Å². The van der Waals surface area contributed by atoms with Crippen molar-refractivity contribution in [1.82, 2.24) is 9.97 Å². The third-order valence-electron chi connectivity index (χ3n) is 5.19. The molecule has 0 saturated carbocycles. The van der Waals surface area contributed by atoms with Crippen molar-refractivity contribution in [3.63, 3.8) is 0 Å². The molecule has 1 aliphatic rings. The van der Waals surface area contributed by atoms with Gasteiger partial charge in [-0.3, -0.25) is 4.79 Å². The summed E-state index contributed by atoms with van der Waals surface area (Å²) in [6.07, 6.45) is 2.59. The van der Waals surface area contributed by atoms with E-state index in [1.54, 1.807) is 6.20 Å². The minimum atomic E-state index is -0.0857. The van der Waals surface area contributed by atoms with Crippen LogP contribution >= 0.6 is 0 Å². The van der Waals surface area contributed by atoms with E-state index < -0.39 is 0 Å². The summed E-state index contributed by atoms with van der Waals surface area (Å²) in [6.45, 7) is 1.97. The summed E-state index contributed by atoms with van der Waals surface area (Å²) in [6, 6.07) is 22.0. The lowest BCUT2D eigenvalue weighted by Crippen LogP contribution is -2.14. The van der Waals surface area contributed by atoms with Crippen LogP contribution in [0.25, 0.3) is 22.5 Å². The second-order valence-electron chi connectivity index (χ2n) is 7.12. The molecule has 28 heavy (non-hydrogen) atoms. The van der Waals surface area contributed by atoms with Crippen LogP contribution in [0.1, 0.15) is 27.2 Å². The Balaban J connectivity index is 1.45. The highest BCUT2D eigenvalue weighted by Crippen LogP contribution is 2.38. The highest BCUT2D eigenvalue weighted by Gasteiger charge is 2.23. The summed E-state index contributed by atoms with van der Waals surface area (Å²) >= 11 is 0. The van der Waals surface area contributed by atoms with Crippen LogP contribution < -0.4 is 5.32 Å². The van der Waals surface area contributed by atoms with E-state index in [1.807, 2.05) is 55.5 Å². The Labute approximate surface area is 163 Å². The summed E-state index contributed by atoms with van der Waals surface area (Å²) in [5.41, 5.74) is 8.18. The largest absolute Gasteiger partial charge is 0.342 e. The number of rotatable bonds is 3. The molecule has 4 nitrogen and oxygen atoms in total. The minimum absolute atomic E-state index is 0.0857. The van der Waals surface area contributed by atoms with Crippen LogP contribution in [0.15, 0.2) is 72.9 Å². The van der Waals surface area contributed by atoms with Gasteiger partial charge in [0, 0.05) is 28.7 Å². The van der Waals surface area contributed by atoms with Crippen LogP contribution in [0.5, 0.6) is 0 Å². The Bertz CT molecular complexity index is 1210. The van der Waals surface area contributed by atoms with Gasteiger partial charge in [-0.1, -0.05) is 48.5 Å². The highest BCUT2D eigenvalue weighted by atomic mass is 16.1. The van der Waals surface area contributed by atoms with Gasteiger partial charge in [0.15, 0.2) is 0 Å². The molecule has 4 aromatic rings. The van der Waals surface area contributed by atoms with E-state index in [2.05, 4.69) is 33.5 Å².